The molecule has 0 bridgehead atoms. The molecule has 2 atom stereocenters. The standard InChI is InChI=1S/C25H23FN2O4S/c1-31-20-10-14-7-8-28(24(22-4-3-9-33-22)17(14)12-21(20)32-2)25(30)18-13-23(29)27-19-11-15(26)5-6-16(18)19/h3-6,9-12,18,24H,7-8,13H2,1-2H3,(H,27,29). The van der Waals surface area contributed by atoms with Crippen LogP contribution in [-0.4, -0.2) is 37.5 Å². The maximum absolute atomic E-state index is 13.9. The second-order valence-corrected chi connectivity index (χ2v) is 9.12. The van der Waals surface area contributed by atoms with Crippen molar-refractivity contribution in [2.24, 2.45) is 0 Å². The number of nitrogens with zero attached hydrogens (tertiary/aromatic N) is 1. The zero-order valence-corrected chi connectivity index (χ0v) is 19.1. The van der Waals surface area contributed by atoms with E-state index in [1.54, 1.807) is 31.6 Å². The number of fused-ring (bicyclic) bond motifs is 2. The van der Waals surface area contributed by atoms with Crippen molar-refractivity contribution in [3.05, 3.63) is 75.2 Å². The van der Waals surface area contributed by atoms with Gasteiger partial charge in [-0.1, -0.05) is 12.1 Å². The van der Waals surface area contributed by atoms with Crippen LogP contribution in [0.1, 0.15) is 39.9 Å². The average molecular weight is 467 g/mol. The first-order valence-electron chi connectivity index (χ1n) is 10.7. The number of nitrogens with one attached hydrogen (secondary N) is 1. The third kappa shape index (κ3) is 3.74. The van der Waals surface area contributed by atoms with E-state index in [2.05, 4.69) is 5.32 Å². The van der Waals surface area contributed by atoms with Crippen molar-refractivity contribution in [1.29, 1.82) is 0 Å². The molecule has 0 saturated heterocycles. The van der Waals surface area contributed by atoms with E-state index in [1.165, 1.54) is 12.1 Å². The van der Waals surface area contributed by atoms with Gasteiger partial charge < -0.3 is 19.7 Å². The zero-order valence-electron chi connectivity index (χ0n) is 18.3. The molecule has 2 aliphatic heterocycles. The van der Waals surface area contributed by atoms with Crippen LogP contribution in [0.3, 0.4) is 0 Å². The van der Waals surface area contributed by atoms with Crippen LogP contribution in [-0.2, 0) is 16.0 Å². The normalized spacial score (nSPS) is 19.4. The Hall–Kier alpha value is -3.39. The number of hydrogen-bond donors (Lipinski definition) is 1. The van der Waals surface area contributed by atoms with Crippen molar-refractivity contribution < 1.29 is 23.5 Å². The van der Waals surface area contributed by atoms with Crippen LogP contribution in [0.5, 0.6) is 11.5 Å². The number of thiophene rings is 1. The average Bonchev–Trinajstić information content (AvgIpc) is 3.35. The van der Waals surface area contributed by atoms with Crippen LogP contribution in [0.25, 0.3) is 0 Å². The molecule has 2 amide bonds. The Bertz CT molecular complexity index is 1230. The van der Waals surface area contributed by atoms with Gasteiger partial charge in [-0.25, -0.2) is 4.39 Å². The summed E-state index contributed by atoms with van der Waals surface area (Å²) < 4.78 is 24.8. The number of carbonyl (C=O) groups excluding carboxylic acids is 2. The lowest BCUT2D eigenvalue weighted by atomic mass is 9.86. The SMILES string of the molecule is COc1cc2c(cc1OC)C(c1cccs1)N(C(=O)C1CC(=O)Nc3cc(F)ccc31)CC2. The Balaban J connectivity index is 1.59. The van der Waals surface area contributed by atoms with Gasteiger partial charge >= 0.3 is 0 Å². The maximum Gasteiger partial charge on any atom is 0.231 e. The lowest BCUT2D eigenvalue weighted by molar-refractivity contribution is -0.136. The molecule has 0 spiro atoms. The molecule has 0 fully saturated rings. The van der Waals surface area contributed by atoms with E-state index in [0.717, 1.165) is 16.0 Å². The molecule has 0 radical (unpaired) electrons. The molecule has 2 aromatic carbocycles. The van der Waals surface area contributed by atoms with Crippen LogP contribution in [0.2, 0.25) is 0 Å². The molecule has 0 saturated carbocycles. The highest BCUT2D eigenvalue weighted by atomic mass is 32.1. The van der Waals surface area contributed by atoms with Gasteiger partial charge in [-0.05, 0) is 58.8 Å². The van der Waals surface area contributed by atoms with Crippen LogP contribution in [0.15, 0.2) is 47.8 Å². The Morgan fingerprint density at radius 2 is 1.91 bits per heavy atom. The summed E-state index contributed by atoms with van der Waals surface area (Å²) in [5.74, 6) is -0.296. The topological polar surface area (TPSA) is 67.9 Å². The largest absolute Gasteiger partial charge is 0.493 e. The molecule has 3 aromatic rings. The molecule has 5 rings (SSSR count). The summed E-state index contributed by atoms with van der Waals surface area (Å²) in [5.41, 5.74) is 3.08. The molecule has 2 unspecified atom stereocenters. The predicted molar refractivity (Wildman–Crippen MR) is 124 cm³/mol. The van der Waals surface area contributed by atoms with Crippen molar-refractivity contribution in [2.45, 2.75) is 24.8 Å². The lowest BCUT2D eigenvalue weighted by Gasteiger charge is -2.40. The smallest absolute Gasteiger partial charge is 0.231 e. The number of methoxy groups -OCH3 is 2. The van der Waals surface area contributed by atoms with Gasteiger partial charge in [-0.15, -0.1) is 11.3 Å². The number of benzene rings is 2. The molecule has 1 aromatic heterocycles. The van der Waals surface area contributed by atoms with Crippen molar-refractivity contribution in [2.75, 3.05) is 26.1 Å². The van der Waals surface area contributed by atoms with Crippen LogP contribution >= 0.6 is 11.3 Å². The Labute approximate surface area is 194 Å². The van der Waals surface area contributed by atoms with Gasteiger partial charge in [0, 0.05) is 23.5 Å². The molecule has 170 valence electrons. The second-order valence-electron chi connectivity index (χ2n) is 8.14. The lowest BCUT2D eigenvalue weighted by Crippen LogP contribution is -2.44. The van der Waals surface area contributed by atoms with Gasteiger partial charge in [0.05, 0.1) is 26.2 Å². The van der Waals surface area contributed by atoms with Gasteiger partial charge in [-0.3, -0.25) is 9.59 Å². The molecule has 0 aliphatic carbocycles. The van der Waals surface area contributed by atoms with Crippen molar-refractivity contribution in [3.63, 3.8) is 0 Å². The minimum atomic E-state index is -0.668. The maximum atomic E-state index is 13.9. The van der Waals surface area contributed by atoms with E-state index in [1.807, 2.05) is 34.5 Å². The van der Waals surface area contributed by atoms with E-state index in [-0.39, 0.29) is 24.3 Å². The van der Waals surface area contributed by atoms with Gasteiger partial charge in [0.2, 0.25) is 11.8 Å². The number of anilines is 1. The number of amides is 2. The summed E-state index contributed by atoms with van der Waals surface area (Å²) in [6, 6.07) is 11.8. The highest BCUT2D eigenvalue weighted by Gasteiger charge is 2.40. The number of hydrogen-bond acceptors (Lipinski definition) is 5. The van der Waals surface area contributed by atoms with E-state index in [4.69, 9.17) is 9.47 Å². The fourth-order valence-electron chi connectivity index (χ4n) is 4.79. The summed E-state index contributed by atoms with van der Waals surface area (Å²) in [5, 5.41) is 4.68. The van der Waals surface area contributed by atoms with Gasteiger partial charge in [0.15, 0.2) is 11.5 Å². The fraction of sp³-hybridized carbons (Fsp3) is 0.280. The Morgan fingerprint density at radius 3 is 2.64 bits per heavy atom. The Kier molecular flexibility index (Phi) is 5.54. The molecule has 6 nitrogen and oxygen atoms in total. The van der Waals surface area contributed by atoms with Crippen molar-refractivity contribution in [3.8, 4) is 11.5 Å². The first-order valence-corrected chi connectivity index (χ1v) is 11.6. The van der Waals surface area contributed by atoms with Gasteiger partial charge in [0.25, 0.3) is 0 Å². The third-order valence-electron chi connectivity index (χ3n) is 6.32. The van der Waals surface area contributed by atoms with Crippen LogP contribution in [0, 0.1) is 5.82 Å². The molecule has 33 heavy (non-hydrogen) atoms. The first kappa shape index (κ1) is 21.5. The minimum Gasteiger partial charge on any atom is -0.493 e. The number of halogens is 1. The number of carbonyl (C=O) groups is 2. The minimum absolute atomic E-state index is 0.0317. The molecular formula is C25H23FN2O4S. The summed E-state index contributed by atoms with van der Waals surface area (Å²) in [4.78, 5) is 29.2. The van der Waals surface area contributed by atoms with Crippen molar-refractivity contribution in [1.82, 2.24) is 4.90 Å². The highest BCUT2D eigenvalue weighted by molar-refractivity contribution is 7.10. The summed E-state index contributed by atoms with van der Waals surface area (Å²) in [7, 11) is 3.20. The predicted octanol–water partition coefficient (Wildman–Crippen LogP) is 4.50. The zero-order chi connectivity index (χ0) is 23.1. The summed E-state index contributed by atoms with van der Waals surface area (Å²) >= 11 is 1.58. The molecule has 8 heteroatoms. The van der Waals surface area contributed by atoms with E-state index in [0.29, 0.717) is 35.7 Å². The van der Waals surface area contributed by atoms with E-state index >= 15 is 0 Å². The second kappa shape index (κ2) is 8.51. The van der Waals surface area contributed by atoms with Gasteiger partial charge in [-0.2, -0.15) is 0 Å². The molecule has 3 heterocycles. The molecular weight excluding hydrogens is 443 g/mol. The number of rotatable bonds is 4. The summed E-state index contributed by atoms with van der Waals surface area (Å²) in [6.45, 7) is 0.499. The first-order chi connectivity index (χ1) is 16.0. The number of ether oxygens (including phenoxy) is 2. The molecule has 1 N–H and O–H groups in total. The third-order valence-corrected chi connectivity index (χ3v) is 7.25. The van der Waals surface area contributed by atoms with Crippen LogP contribution in [0.4, 0.5) is 10.1 Å². The monoisotopic (exact) mass is 466 g/mol. The van der Waals surface area contributed by atoms with Crippen LogP contribution < -0.4 is 14.8 Å². The Morgan fingerprint density at radius 1 is 1.12 bits per heavy atom. The fourth-order valence-corrected chi connectivity index (χ4v) is 5.65. The van der Waals surface area contributed by atoms with Gasteiger partial charge in [0.1, 0.15) is 5.82 Å². The van der Waals surface area contributed by atoms with E-state index in [9.17, 15) is 14.0 Å². The van der Waals surface area contributed by atoms with Crippen molar-refractivity contribution >= 4 is 28.8 Å². The highest BCUT2D eigenvalue weighted by Crippen LogP contribution is 2.44. The van der Waals surface area contributed by atoms with E-state index < -0.39 is 11.7 Å². The molecule has 2 aliphatic rings. The summed E-state index contributed by atoms with van der Waals surface area (Å²) in [6.07, 6.45) is 0.683. The quantitative estimate of drug-likeness (QED) is 0.615.